The number of fused-ring (bicyclic) bond motifs is 2. The van der Waals surface area contributed by atoms with Crippen LogP contribution in [-0.4, -0.2) is 32.4 Å². The van der Waals surface area contributed by atoms with Crippen molar-refractivity contribution in [1.82, 2.24) is 14.0 Å². The molecule has 4 aromatic rings. The zero-order valence-corrected chi connectivity index (χ0v) is 19.6. The van der Waals surface area contributed by atoms with E-state index in [-0.39, 0.29) is 34.5 Å². The van der Waals surface area contributed by atoms with Crippen molar-refractivity contribution in [3.05, 3.63) is 87.3 Å². The lowest BCUT2D eigenvalue weighted by Crippen LogP contribution is -2.33. The first kappa shape index (κ1) is 23.1. The molecule has 0 atom stereocenters. The molecular formula is C26H26N4O4. The van der Waals surface area contributed by atoms with E-state index in [4.69, 9.17) is 9.72 Å². The summed E-state index contributed by atoms with van der Waals surface area (Å²) in [7, 11) is 0. The van der Waals surface area contributed by atoms with Gasteiger partial charge in [-0.3, -0.25) is 14.0 Å². The number of ether oxygens (including phenoxy) is 1. The van der Waals surface area contributed by atoms with Gasteiger partial charge in [-0.15, -0.1) is 0 Å². The third-order valence-electron chi connectivity index (χ3n) is 5.42. The van der Waals surface area contributed by atoms with Crippen LogP contribution in [0.15, 0.2) is 64.5 Å². The van der Waals surface area contributed by atoms with E-state index in [1.54, 1.807) is 48.0 Å². The smallest absolute Gasteiger partial charge is 0.341 e. The van der Waals surface area contributed by atoms with Gasteiger partial charge in [-0.05, 0) is 49.6 Å². The predicted octanol–water partition coefficient (Wildman–Crippen LogP) is 3.53. The summed E-state index contributed by atoms with van der Waals surface area (Å²) in [4.78, 5) is 48.6. The maximum Gasteiger partial charge on any atom is 0.341 e. The van der Waals surface area contributed by atoms with Gasteiger partial charge in [-0.1, -0.05) is 38.1 Å². The highest BCUT2D eigenvalue weighted by atomic mass is 16.5. The molecule has 174 valence electrons. The summed E-state index contributed by atoms with van der Waals surface area (Å²) in [6.07, 6.45) is 1.63. The van der Waals surface area contributed by atoms with Gasteiger partial charge in [0.15, 0.2) is 5.49 Å². The van der Waals surface area contributed by atoms with Gasteiger partial charge in [0.2, 0.25) is 0 Å². The Bertz CT molecular complexity index is 1550. The minimum atomic E-state index is -0.657. The molecule has 0 unspecified atom stereocenters. The van der Waals surface area contributed by atoms with E-state index in [1.807, 2.05) is 32.9 Å². The number of hydrogen-bond acceptors (Lipinski definition) is 5. The molecule has 8 nitrogen and oxygen atoms in total. The van der Waals surface area contributed by atoms with Crippen LogP contribution in [0.5, 0.6) is 0 Å². The molecule has 0 N–H and O–H groups in total. The van der Waals surface area contributed by atoms with Crippen LogP contribution in [-0.2, 0) is 11.3 Å². The molecule has 0 aliphatic carbocycles. The summed E-state index contributed by atoms with van der Waals surface area (Å²) in [6, 6.07) is 13.8. The van der Waals surface area contributed by atoms with Crippen LogP contribution in [0.25, 0.3) is 16.7 Å². The molecule has 0 fully saturated rings. The summed E-state index contributed by atoms with van der Waals surface area (Å²) in [5.41, 5.74) is 1.87. The Kier molecular flexibility index (Phi) is 6.40. The van der Waals surface area contributed by atoms with Crippen molar-refractivity contribution in [1.29, 1.82) is 0 Å². The van der Waals surface area contributed by atoms with E-state index in [9.17, 15) is 14.4 Å². The van der Waals surface area contributed by atoms with E-state index >= 15 is 0 Å². The van der Waals surface area contributed by atoms with Gasteiger partial charge in [0.25, 0.3) is 11.5 Å². The Hall–Kier alpha value is -4.07. The van der Waals surface area contributed by atoms with E-state index < -0.39 is 11.9 Å². The van der Waals surface area contributed by atoms with Crippen LogP contribution in [0.1, 0.15) is 47.1 Å². The van der Waals surface area contributed by atoms with Crippen LogP contribution in [0.3, 0.4) is 0 Å². The van der Waals surface area contributed by atoms with E-state index in [2.05, 4.69) is 4.99 Å². The molecule has 1 amide bonds. The standard InChI is InChI=1S/C26H26N4O4/c1-5-34-26(33)20-14-19-22(27-21-12-8-9-13-29(21)25(19)32)30(15-16(2)3)23(20)28-24(31)18-11-7-6-10-17(18)4/h6-14,16H,5,15H2,1-4H3. The Morgan fingerprint density at radius 3 is 2.53 bits per heavy atom. The van der Waals surface area contributed by atoms with Crippen LogP contribution in [0.4, 0.5) is 0 Å². The van der Waals surface area contributed by atoms with E-state index in [0.29, 0.717) is 23.4 Å². The summed E-state index contributed by atoms with van der Waals surface area (Å²) < 4.78 is 8.36. The number of amides is 1. The first-order chi connectivity index (χ1) is 16.3. The molecular weight excluding hydrogens is 432 g/mol. The first-order valence-corrected chi connectivity index (χ1v) is 11.2. The Morgan fingerprint density at radius 1 is 1.09 bits per heavy atom. The van der Waals surface area contributed by atoms with Crippen molar-refractivity contribution < 1.29 is 14.3 Å². The third-order valence-corrected chi connectivity index (χ3v) is 5.42. The van der Waals surface area contributed by atoms with Gasteiger partial charge < -0.3 is 9.30 Å². The Morgan fingerprint density at radius 2 is 1.82 bits per heavy atom. The van der Waals surface area contributed by atoms with Gasteiger partial charge in [-0.2, -0.15) is 4.99 Å². The fraction of sp³-hybridized carbons (Fsp3) is 0.269. The quantitative estimate of drug-likeness (QED) is 0.337. The average Bonchev–Trinajstić information content (AvgIpc) is 2.81. The molecule has 0 radical (unpaired) electrons. The van der Waals surface area contributed by atoms with Gasteiger partial charge in [-0.25, -0.2) is 9.78 Å². The van der Waals surface area contributed by atoms with Gasteiger partial charge in [0.1, 0.15) is 16.9 Å². The fourth-order valence-electron chi connectivity index (χ4n) is 3.86. The van der Waals surface area contributed by atoms with Crippen LogP contribution in [0, 0.1) is 12.8 Å². The number of aryl methyl sites for hydroxylation is 1. The molecule has 8 heteroatoms. The summed E-state index contributed by atoms with van der Waals surface area (Å²) in [5, 5.41) is 0.245. The minimum absolute atomic E-state index is 0.0479. The topological polar surface area (TPSA) is 95.0 Å². The molecule has 0 saturated carbocycles. The maximum atomic E-state index is 13.3. The number of hydrogen-bond donors (Lipinski definition) is 0. The van der Waals surface area contributed by atoms with Crippen molar-refractivity contribution in [2.24, 2.45) is 10.9 Å². The number of esters is 1. The second kappa shape index (κ2) is 9.43. The van der Waals surface area contributed by atoms with E-state index in [1.165, 1.54) is 10.5 Å². The van der Waals surface area contributed by atoms with E-state index in [0.717, 1.165) is 5.56 Å². The van der Waals surface area contributed by atoms with Crippen LogP contribution >= 0.6 is 0 Å². The summed E-state index contributed by atoms with van der Waals surface area (Å²) >= 11 is 0. The first-order valence-electron chi connectivity index (χ1n) is 11.2. The molecule has 0 spiro atoms. The number of aromatic nitrogens is 3. The number of nitrogens with zero attached hydrogens (tertiary/aromatic N) is 4. The summed E-state index contributed by atoms with van der Waals surface area (Å²) in [5.74, 6) is -1.03. The molecule has 0 saturated heterocycles. The largest absolute Gasteiger partial charge is 0.462 e. The molecule has 0 aliphatic rings. The lowest BCUT2D eigenvalue weighted by molar-refractivity contribution is 0.0523. The molecule has 0 bridgehead atoms. The average molecular weight is 459 g/mol. The third kappa shape index (κ3) is 4.26. The van der Waals surface area contributed by atoms with Gasteiger partial charge in [0.05, 0.1) is 12.0 Å². The summed E-state index contributed by atoms with van der Waals surface area (Å²) in [6.45, 7) is 8.04. The predicted molar refractivity (Wildman–Crippen MR) is 129 cm³/mol. The highest BCUT2D eigenvalue weighted by molar-refractivity contribution is 5.98. The number of rotatable bonds is 5. The highest BCUT2D eigenvalue weighted by Gasteiger charge is 2.21. The normalized spacial score (nSPS) is 12.0. The molecule has 1 aromatic carbocycles. The molecule has 3 heterocycles. The number of benzene rings is 1. The number of pyridine rings is 2. The lowest BCUT2D eigenvalue weighted by Gasteiger charge is -2.16. The second-order valence-corrected chi connectivity index (χ2v) is 8.42. The SMILES string of the molecule is CCOC(=O)c1cc2c(=O)n3ccccc3nc2n(CC(C)C)c1=NC(=O)c1ccccc1C. The van der Waals surface area contributed by atoms with Gasteiger partial charge >= 0.3 is 5.97 Å². The van der Waals surface area contributed by atoms with Crippen molar-refractivity contribution in [3.63, 3.8) is 0 Å². The molecule has 3 aromatic heterocycles. The Balaban J connectivity index is 2.15. The highest BCUT2D eigenvalue weighted by Crippen LogP contribution is 2.14. The second-order valence-electron chi connectivity index (χ2n) is 8.42. The van der Waals surface area contributed by atoms with Crippen molar-refractivity contribution in [2.45, 2.75) is 34.2 Å². The van der Waals surface area contributed by atoms with Gasteiger partial charge in [0, 0.05) is 18.3 Å². The van der Waals surface area contributed by atoms with Crippen LogP contribution in [0.2, 0.25) is 0 Å². The number of carbonyl (C=O) groups is 2. The zero-order valence-electron chi connectivity index (χ0n) is 19.6. The monoisotopic (exact) mass is 458 g/mol. The number of carbonyl (C=O) groups excluding carboxylic acids is 2. The van der Waals surface area contributed by atoms with Crippen molar-refractivity contribution in [3.8, 4) is 0 Å². The lowest BCUT2D eigenvalue weighted by atomic mass is 10.1. The van der Waals surface area contributed by atoms with Crippen molar-refractivity contribution in [2.75, 3.05) is 6.61 Å². The minimum Gasteiger partial charge on any atom is -0.462 e. The van der Waals surface area contributed by atoms with Crippen LogP contribution < -0.4 is 11.0 Å². The molecule has 34 heavy (non-hydrogen) atoms. The van der Waals surface area contributed by atoms with Crippen molar-refractivity contribution >= 4 is 28.6 Å². The molecule has 0 aliphatic heterocycles. The Labute approximate surface area is 196 Å². The zero-order chi connectivity index (χ0) is 24.4. The molecule has 4 rings (SSSR count). The maximum absolute atomic E-state index is 13.3. The fourth-order valence-corrected chi connectivity index (χ4v) is 3.86.